The molecule has 5 nitrogen and oxygen atoms in total. The molecule has 1 amide bonds. The van der Waals surface area contributed by atoms with Crippen molar-refractivity contribution in [3.63, 3.8) is 0 Å². The van der Waals surface area contributed by atoms with Crippen molar-refractivity contribution in [2.24, 2.45) is 5.73 Å². The molecule has 0 bridgehead atoms. The van der Waals surface area contributed by atoms with Gasteiger partial charge in [0.25, 0.3) is 0 Å². The third-order valence-electron chi connectivity index (χ3n) is 2.20. The van der Waals surface area contributed by atoms with Gasteiger partial charge in [-0.2, -0.15) is 0 Å². The minimum Gasteiger partial charge on any atom is -0.465 e. The number of anilines is 1. The van der Waals surface area contributed by atoms with Crippen LogP contribution in [0.15, 0.2) is 18.2 Å². The first kappa shape index (κ1) is 12.2. The van der Waals surface area contributed by atoms with Crippen LogP contribution in [0.4, 0.5) is 5.69 Å². The normalized spacial score (nSPS) is 9.69. The van der Waals surface area contributed by atoms with Crippen LogP contribution in [0.3, 0.4) is 0 Å². The zero-order chi connectivity index (χ0) is 12.1. The maximum atomic E-state index is 11.4. The molecule has 5 heteroatoms. The lowest BCUT2D eigenvalue weighted by atomic mass is 10.1. The average molecular weight is 222 g/mol. The minimum absolute atomic E-state index is 0.0953. The molecule has 1 aromatic rings. The van der Waals surface area contributed by atoms with Gasteiger partial charge in [0.15, 0.2) is 0 Å². The summed E-state index contributed by atoms with van der Waals surface area (Å²) in [6.45, 7) is 1.64. The molecule has 1 rings (SSSR count). The van der Waals surface area contributed by atoms with Gasteiger partial charge >= 0.3 is 5.97 Å². The first-order chi connectivity index (χ1) is 7.60. The molecular formula is C11H14N2O3. The summed E-state index contributed by atoms with van der Waals surface area (Å²) in [5.41, 5.74) is 6.85. The highest BCUT2D eigenvalue weighted by Gasteiger charge is 2.12. The summed E-state index contributed by atoms with van der Waals surface area (Å²) >= 11 is 0. The predicted octanol–water partition coefficient (Wildman–Crippen LogP) is 0.679. The number of benzene rings is 1. The standard InChI is InChI=1S/C11H14N2O3/c1-7-8(11(15)16-2)4-3-5-9(7)13-10(14)6-12/h3-5H,6,12H2,1-2H3,(H,13,14). The summed E-state index contributed by atoms with van der Waals surface area (Å²) in [5, 5.41) is 2.61. The Labute approximate surface area is 93.6 Å². The van der Waals surface area contributed by atoms with Crippen molar-refractivity contribution in [3.8, 4) is 0 Å². The molecule has 1 aromatic carbocycles. The maximum absolute atomic E-state index is 11.4. The van der Waals surface area contributed by atoms with E-state index < -0.39 is 5.97 Å². The van der Waals surface area contributed by atoms with Gasteiger partial charge in [0.1, 0.15) is 0 Å². The fraction of sp³-hybridized carbons (Fsp3) is 0.273. The van der Waals surface area contributed by atoms with Crippen LogP contribution >= 0.6 is 0 Å². The Morgan fingerprint density at radius 2 is 2.12 bits per heavy atom. The van der Waals surface area contributed by atoms with Gasteiger partial charge in [-0.15, -0.1) is 0 Å². The van der Waals surface area contributed by atoms with E-state index in [1.54, 1.807) is 25.1 Å². The van der Waals surface area contributed by atoms with Crippen molar-refractivity contribution in [2.45, 2.75) is 6.92 Å². The van der Waals surface area contributed by atoms with Gasteiger partial charge in [-0.25, -0.2) is 4.79 Å². The van der Waals surface area contributed by atoms with Crippen molar-refractivity contribution in [2.75, 3.05) is 19.0 Å². The SMILES string of the molecule is COC(=O)c1cccc(NC(=O)CN)c1C. The van der Waals surface area contributed by atoms with Crippen LogP contribution in [0.25, 0.3) is 0 Å². The largest absolute Gasteiger partial charge is 0.465 e. The highest BCUT2D eigenvalue weighted by atomic mass is 16.5. The number of amides is 1. The van der Waals surface area contributed by atoms with Crippen LogP contribution in [-0.2, 0) is 9.53 Å². The van der Waals surface area contributed by atoms with E-state index >= 15 is 0 Å². The highest BCUT2D eigenvalue weighted by Crippen LogP contribution is 2.19. The van der Waals surface area contributed by atoms with E-state index in [0.29, 0.717) is 16.8 Å². The predicted molar refractivity (Wildman–Crippen MR) is 60.2 cm³/mol. The Morgan fingerprint density at radius 3 is 2.69 bits per heavy atom. The summed E-state index contributed by atoms with van der Waals surface area (Å²) in [5.74, 6) is -0.730. The van der Waals surface area contributed by atoms with Gasteiger partial charge in [0, 0.05) is 5.69 Å². The van der Waals surface area contributed by atoms with Gasteiger partial charge in [0.05, 0.1) is 19.2 Å². The summed E-state index contributed by atoms with van der Waals surface area (Å²) in [7, 11) is 1.31. The molecule has 0 saturated heterocycles. The van der Waals surface area contributed by atoms with Gasteiger partial charge in [-0.05, 0) is 24.6 Å². The minimum atomic E-state index is -0.429. The van der Waals surface area contributed by atoms with Crippen molar-refractivity contribution >= 4 is 17.6 Å². The summed E-state index contributed by atoms with van der Waals surface area (Å²) < 4.78 is 4.63. The third-order valence-corrected chi connectivity index (χ3v) is 2.20. The van der Waals surface area contributed by atoms with Crippen molar-refractivity contribution in [1.29, 1.82) is 0 Å². The van der Waals surface area contributed by atoms with Crippen LogP contribution < -0.4 is 11.1 Å². The van der Waals surface area contributed by atoms with E-state index in [-0.39, 0.29) is 12.5 Å². The molecule has 86 valence electrons. The van der Waals surface area contributed by atoms with Crippen molar-refractivity contribution < 1.29 is 14.3 Å². The van der Waals surface area contributed by atoms with Crippen LogP contribution in [-0.4, -0.2) is 25.5 Å². The fourth-order valence-electron chi connectivity index (χ4n) is 1.30. The van der Waals surface area contributed by atoms with Gasteiger partial charge in [0.2, 0.25) is 5.91 Å². The lowest BCUT2D eigenvalue weighted by Gasteiger charge is -2.10. The van der Waals surface area contributed by atoms with E-state index in [9.17, 15) is 9.59 Å². The number of methoxy groups -OCH3 is 1. The molecule has 0 heterocycles. The number of carbonyl (C=O) groups excluding carboxylic acids is 2. The molecule has 3 N–H and O–H groups in total. The summed E-state index contributed by atoms with van der Waals surface area (Å²) in [4.78, 5) is 22.5. The van der Waals surface area contributed by atoms with E-state index in [4.69, 9.17) is 5.73 Å². The van der Waals surface area contributed by atoms with E-state index in [1.807, 2.05) is 0 Å². The number of esters is 1. The molecule has 0 aliphatic carbocycles. The molecule has 0 aliphatic heterocycles. The zero-order valence-electron chi connectivity index (χ0n) is 9.24. The van der Waals surface area contributed by atoms with Gasteiger partial charge in [-0.1, -0.05) is 6.07 Å². The van der Waals surface area contributed by atoms with Crippen molar-refractivity contribution in [1.82, 2.24) is 0 Å². The van der Waals surface area contributed by atoms with Crippen LogP contribution in [0.2, 0.25) is 0 Å². The van der Waals surface area contributed by atoms with Crippen LogP contribution in [0.5, 0.6) is 0 Å². The summed E-state index contributed by atoms with van der Waals surface area (Å²) in [6.07, 6.45) is 0. The number of ether oxygens (including phenoxy) is 1. The Morgan fingerprint density at radius 1 is 1.44 bits per heavy atom. The lowest BCUT2D eigenvalue weighted by molar-refractivity contribution is -0.114. The van der Waals surface area contributed by atoms with Gasteiger partial charge < -0.3 is 15.8 Å². The highest BCUT2D eigenvalue weighted by molar-refractivity contribution is 5.97. The molecular weight excluding hydrogens is 208 g/mol. The molecule has 0 aliphatic rings. The number of carbonyl (C=O) groups is 2. The first-order valence-electron chi connectivity index (χ1n) is 4.78. The van der Waals surface area contributed by atoms with E-state index in [2.05, 4.69) is 10.1 Å². The van der Waals surface area contributed by atoms with Crippen LogP contribution in [0.1, 0.15) is 15.9 Å². The fourth-order valence-corrected chi connectivity index (χ4v) is 1.30. The number of rotatable bonds is 3. The first-order valence-corrected chi connectivity index (χ1v) is 4.78. The topological polar surface area (TPSA) is 81.4 Å². The number of hydrogen-bond donors (Lipinski definition) is 2. The number of hydrogen-bond acceptors (Lipinski definition) is 4. The molecule has 0 spiro atoms. The van der Waals surface area contributed by atoms with E-state index in [0.717, 1.165) is 0 Å². The molecule has 0 aromatic heterocycles. The zero-order valence-corrected chi connectivity index (χ0v) is 9.24. The molecule has 16 heavy (non-hydrogen) atoms. The molecule has 0 unspecified atom stereocenters. The van der Waals surface area contributed by atoms with Crippen molar-refractivity contribution in [3.05, 3.63) is 29.3 Å². The van der Waals surface area contributed by atoms with E-state index in [1.165, 1.54) is 7.11 Å². The quantitative estimate of drug-likeness (QED) is 0.737. The Hall–Kier alpha value is -1.88. The number of nitrogens with one attached hydrogen (secondary N) is 1. The molecule has 0 atom stereocenters. The number of nitrogens with two attached hydrogens (primary N) is 1. The lowest BCUT2D eigenvalue weighted by Crippen LogP contribution is -2.22. The molecule has 0 radical (unpaired) electrons. The van der Waals surface area contributed by atoms with Gasteiger partial charge in [-0.3, -0.25) is 4.79 Å². The maximum Gasteiger partial charge on any atom is 0.338 e. The smallest absolute Gasteiger partial charge is 0.338 e. The second-order valence-electron chi connectivity index (χ2n) is 3.22. The third kappa shape index (κ3) is 2.58. The average Bonchev–Trinajstić information content (AvgIpc) is 2.30. The molecule has 0 fully saturated rings. The van der Waals surface area contributed by atoms with Crippen LogP contribution in [0, 0.1) is 6.92 Å². The monoisotopic (exact) mass is 222 g/mol. The Kier molecular flexibility index (Phi) is 4.02. The summed E-state index contributed by atoms with van der Waals surface area (Å²) in [6, 6.07) is 5.01. The molecule has 0 saturated carbocycles. The Balaban J connectivity index is 3.04. The second kappa shape index (κ2) is 5.27. The Bertz CT molecular complexity index is 416. The second-order valence-corrected chi connectivity index (χ2v) is 3.22.